The number of ether oxygens (including phenoxy) is 2. The number of methoxy groups -OCH3 is 1. The van der Waals surface area contributed by atoms with Gasteiger partial charge in [0.05, 0.1) is 13.2 Å². The lowest BCUT2D eigenvalue weighted by molar-refractivity contribution is 0.0932. The van der Waals surface area contributed by atoms with E-state index in [1.807, 2.05) is 43.3 Å². The van der Waals surface area contributed by atoms with Gasteiger partial charge >= 0.3 is 0 Å². The summed E-state index contributed by atoms with van der Waals surface area (Å²) in [6.07, 6.45) is 6.68. The quantitative estimate of drug-likeness (QED) is 0.358. The molecule has 0 bridgehead atoms. The van der Waals surface area contributed by atoms with Crippen molar-refractivity contribution >= 4 is 23.6 Å². The van der Waals surface area contributed by atoms with Crippen LogP contribution in [0, 0.1) is 0 Å². The van der Waals surface area contributed by atoms with Crippen LogP contribution in [0.1, 0.15) is 45.8 Å². The van der Waals surface area contributed by atoms with Crippen molar-refractivity contribution in [1.82, 2.24) is 19.9 Å². The molecule has 8 heteroatoms. The van der Waals surface area contributed by atoms with Crippen molar-refractivity contribution < 1.29 is 14.3 Å². The maximum Gasteiger partial charge on any atom is 0.258 e. The van der Waals surface area contributed by atoms with Crippen LogP contribution in [0.4, 0.5) is 11.6 Å². The number of hydrogen-bond acceptors (Lipinski definition) is 6. The number of carbonyl (C=O) groups is 1. The second kappa shape index (κ2) is 10.0. The van der Waals surface area contributed by atoms with E-state index in [2.05, 4.69) is 56.2 Å². The largest absolute Gasteiger partial charge is 0.497 e. The lowest BCUT2D eigenvalue weighted by atomic mass is 10.2. The first-order valence-electron chi connectivity index (χ1n) is 12.8. The number of aromatic nitrogens is 3. The molecule has 0 saturated carbocycles. The molecule has 38 heavy (non-hydrogen) atoms. The minimum atomic E-state index is -0.280. The Kier molecular flexibility index (Phi) is 6.29. The first kappa shape index (κ1) is 23.8. The minimum Gasteiger partial charge on any atom is -0.497 e. The molecule has 8 nitrogen and oxygen atoms in total. The Morgan fingerprint density at radius 2 is 1.95 bits per heavy atom. The zero-order chi connectivity index (χ0) is 26.1. The summed E-state index contributed by atoms with van der Waals surface area (Å²) in [5.74, 6) is 1.26. The smallest absolute Gasteiger partial charge is 0.258 e. The number of benzene rings is 2. The Bertz CT molecular complexity index is 1510. The van der Waals surface area contributed by atoms with E-state index < -0.39 is 0 Å². The fraction of sp³-hybridized carbons (Fsp3) is 0.233. The molecular weight excluding hydrogens is 478 g/mol. The van der Waals surface area contributed by atoms with E-state index in [9.17, 15) is 4.79 Å². The van der Waals surface area contributed by atoms with Crippen LogP contribution in [0.2, 0.25) is 0 Å². The molecular formula is C30H29N5O3. The zero-order valence-electron chi connectivity index (χ0n) is 21.4. The van der Waals surface area contributed by atoms with Crippen LogP contribution < -0.4 is 19.7 Å². The fourth-order valence-electron chi connectivity index (χ4n) is 5.03. The third-order valence-electron chi connectivity index (χ3n) is 7.06. The highest BCUT2D eigenvalue weighted by molar-refractivity contribution is 5.96. The molecule has 4 aromatic rings. The molecule has 0 fully saturated rings. The van der Waals surface area contributed by atoms with Crippen LogP contribution in [0.3, 0.4) is 0 Å². The summed E-state index contributed by atoms with van der Waals surface area (Å²) >= 11 is 0. The molecule has 2 aliphatic heterocycles. The molecule has 0 radical (unpaired) electrons. The van der Waals surface area contributed by atoms with Crippen LogP contribution in [0.15, 0.2) is 72.9 Å². The Balaban J connectivity index is 1.27. The van der Waals surface area contributed by atoms with E-state index in [1.165, 1.54) is 5.56 Å². The topological polar surface area (TPSA) is 81.5 Å². The van der Waals surface area contributed by atoms with E-state index in [4.69, 9.17) is 14.5 Å². The van der Waals surface area contributed by atoms with Gasteiger partial charge in [-0.3, -0.25) is 4.79 Å². The van der Waals surface area contributed by atoms with Gasteiger partial charge in [0.2, 0.25) is 11.8 Å². The molecule has 1 amide bonds. The van der Waals surface area contributed by atoms with Gasteiger partial charge in [-0.15, -0.1) is 0 Å². The van der Waals surface area contributed by atoms with Crippen molar-refractivity contribution in [3.8, 4) is 11.6 Å². The van der Waals surface area contributed by atoms with E-state index >= 15 is 0 Å². The van der Waals surface area contributed by atoms with E-state index in [0.717, 1.165) is 47.9 Å². The lowest BCUT2D eigenvalue weighted by Crippen LogP contribution is -2.29. The normalized spacial score (nSPS) is 14.2. The average molecular weight is 508 g/mol. The summed E-state index contributed by atoms with van der Waals surface area (Å²) in [6, 6.07) is 19.8. The molecule has 2 aromatic carbocycles. The Morgan fingerprint density at radius 1 is 1.11 bits per heavy atom. The molecule has 6 rings (SSSR count). The monoisotopic (exact) mass is 507 g/mol. The van der Waals surface area contributed by atoms with Gasteiger partial charge in [0.1, 0.15) is 17.9 Å². The summed E-state index contributed by atoms with van der Waals surface area (Å²) < 4.78 is 13.6. The van der Waals surface area contributed by atoms with Gasteiger partial charge in [-0.1, -0.05) is 36.4 Å². The molecule has 1 unspecified atom stereocenters. The average Bonchev–Trinajstić information content (AvgIpc) is 3.68. The number of rotatable bonds is 8. The first-order valence-corrected chi connectivity index (χ1v) is 12.8. The highest BCUT2D eigenvalue weighted by Gasteiger charge is 2.26. The molecule has 1 atom stereocenters. The van der Waals surface area contributed by atoms with Crippen LogP contribution in [-0.2, 0) is 19.6 Å². The predicted octanol–water partition coefficient (Wildman–Crippen LogP) is 5.08. The summed E-state index contributed by atoms with van der Waals surface area (Å²) in [5, 5.41) is 3.11. The molecule has 4 heterocycles. The van der Waals surface area contributed by atoms with Crippen molar-refractivity contribution in [2.45, 2.75) is 32.5 Å². The highest BCUT2D eigenvalue weighted by Crippen LogP contribution is 2.33. The van der Waals surface area contributed by atoms with Crippen molar-refractivity contribution in [3.05, 3.63) is 101 Å². The van der Waals surface area contributed by atoms with Crippen LogP contribution in [0.25, 0.3) is 6.08 Å². The third kappa shape index (κ3) is 4.49. The molecule has 0 spiro atoms. The van der Waals surface area contributed by atoms with Crippen LogP contribution >= 0.6 is 0 Å². The molecule has 2 aliphatic rings. The van der Waals surface area contributed by atoms with Gasteiger partial charge in [-0.2, -0.15) is 4.98 Å². The maximum atomic E-state index is 13.5. The molecule has 2 aromatic heterocycles. The molecule has 0 aliphatic carbocycles. The maximum absolute atomic E-state index is 13.5. The van der Waals surface area contributed by atoms with E-state index in [0.29, 0.717) is 11.5 Å². The summed E-state index contributed by atoms with van der Waals surface area (Å²) in [4.78, 5) is 24.9. The summed E-state index contributed by atoms with van der Waals surface area (Å²) in [6.45, 7) is 3.81. The van der Waals surface area contributed by atoms with Crippen molar-refractivity contribution in [2.75, 3.05) is 18.6 Å². The highest BCUT2D eigenvalue weighted by atomic mass is 16.5. The van der Waals surface area contributed by atoms with Gasteiger partial charge < -0.3 is 24.3 Å². The Morgan fingerprint density at radius 3 is 2.79 bits per heavy atom. The number of anilines is 2. The Labute approximate surface area is 221 Å². The van der Waals surface area contributed by atoms with Crippen molar-refractivity contribution in [2.24, 2.45) is 0 Å². The molecule has 1 N–H and O–H groups in total. The number of para-hydroxylation sites is 1. The van der Waals surface area contributed by atoms with Gasteiger partial charge in [0.25, 0.3) is 5.91 Å². The number of carbonyl (C=O) groups excluding carboxylic acids is 1. The minimum absolute atomic E-state index is 0.198. The van der Waals surface area contributed by atoms with Gasteiger partial charge in [0, 0.05) is 36.4 Å². The predicted molar refractivity (Wildman–Crippen MR) is 146 cm³/mol. The van der Waals surface area contributed by atoms with Gasteiger partial charge in [-0.05, 0) is 60.9 Å². The van der Waals surface area contributed by atoms with Crippen LogP contribution in [0.5, 0.6) is 11.6 Å². The number of nitrogens with one attached hydrogen (secondary N) is 1. The van der Waals surface area contributed by atoms with Crippen molar-refractivity contribution in [1.29, 1.82) is 0 Å². The summed E-state index contributed by atoms with van der Waals surface area (Å²) in [5.41, 5.74) is 5.76. The zero-order valence-corrected chi connectivity index (χ0v) is 21.4. The molecule has 192 valence electrons. The summed E-state index contributed by atoms with van der Waals surface area (Å²) in [7, 11) is 1.63. The SMILES string of the molecule is COc1ccc(COc2nc(N3CCc4ccccc43)ncc2C(=O)NC(C)c2ccc3n2CC=C3)cc1. The number of fused-ring (bicyclic) bond motifs is 2. The Hall–Kier alpha value is -4.59. The number of allylic oxidation sites excluding steroid dienone is 1. The standard InChI is InChI=1S/C30H29N5O3/c1-20(26-14-11-23-7-5-16-34(23)26)32-28(36)25-18-31-30(35-17-15-22-6-3-4-8-27(22)35)33-29(25)38-19-21-9-12-24(37-2)13-10-21/h3-14,18,20H,15-17,19H2,1-2H3,(H,32,36). The number of hydrogen-bond donors (Lipinski definition) is 1. The second-order valence-electron chi connectivity index (χ2n) is 9.45. The van der Waals surface area contributed by atoms with E-state index in [1.54, 1.807) is 13.3 Å². The van der Waals surface area contributed by atoms with Gasteiger partial charge in [0.15, 0.2) is 0 Å². The van der Waals surface area contributed by atoms with E-state index in [-0.39, 0.29) is 24.4 Å². The molecule has 0 saturated heterocycles. The lowest BCUT2D eigenvalue weighted by Gasteiger charge is -2.20. The number of amides is 1. The number of nitrogens with zero attached hydrogens (tertiary/aromatic N) is 4. The van der Waals surface area contributed by atoms with Gasteiger partial charge in [-0.25, -0.2) is 4.98 Å². The van der Waals surface area contributed by atoms with Crippen LogP contribution in [-0.4, -0.2) is 34.1 Å². The van der Waals surface area contributed by atoms with Crippen molar-refractivity contribution in [3.63, 3.8) is 0 Å². The third-order valence-corrected chi connectivity index (χ3v) is 7.06. The first-order chi connectivity index (χ1) is 18.6. The second-order valence-corrected chi connectivity index (χ2v) is 9.45. The fourth-order valence-corrected chi connectivity index (χ4v) is 5.03.